The van der Waals surface area contributed by atoms with Crippen molar-refractivity contribution in [1.82, 2.24) is 5.43 Å². The SMILES string of the molecule is CCOC(CC)(CC)C(NN)c1ccc(OC)cc1. The van der Waals surface area contributed by atoms with Crippen LogP contribution in [0.1, 0.15) is 45.2 Å². The number of rotatable bonds is 8. The zero-order chi connectivity index (χ0) is 14.3. The van der Waals surface area contributed by atoms with Crippen molar-refractivity contribution >= 4 is 0 Å². The first-order valence-corrected chi connectivity index (χ1v) is 6.91. The highest BCUT2D eigenvalue weighted by atomic mass is 16.5. The van der Waals surface area contributed by atoms with Crippen LogP contribution in [0.2, 0.25) is 0 Å². The predicted octanol–water partition coefficient (Wildman–Crippen LogP) is 2.79. The van der Waals surface area contributed by atoms with E-state index in [0.717, 1.165) is 24.2 Å². The highest BCUT2D eigenvalue weighted by molar-refractivity contribution is 5.30. The molecule has 1 unspecified atom stereocenters. The topological polar surface area (TPSA) is 56.5 Å². The van der Waals surface area contributed by atoms with E-state index in [9.17, 15) is 0 Å². The van der Waals surface area contributed by atoms with Gasteiger partial charge in [-0.3, -0.25) is 11.3 Å². The van der Waals surface area contributed by atoms with Crippen molar-refractivity contribution in [2.45, 2.75) is 45.3 Å². The Morgan fingerprint density at radius 1 is 1.16 bits per heavy atom. The van der Waals surface area contributed by atoms with E-state index in [1.165, 1.54) is 0 Å². The molecule has 4 nitrogen and oxygen atoms in total. The van der Waals surface area contributed by atoms with Crippen LogP contribution in [0.3, 0.4) is 0 Å². The summed E-state index contributed by atoms with van der Waals surface area (Å²) in [6.07, 6.45) is 1.80. The van der Waals surface area contributed by atoms with Gasteiger partial charge in [-0.1, -0.05) is 26.0 Å². The molecule has 0 bridgehead atoms. The lowest BCUT2D eigenvalue weighted by molar-refractivity contribution is -0.0734. The molecule has 1 aromatic rings. The molecule has 19 heavy (non-hydrogen) atoms. The van der Waals surface area contributed by atoms with E-state index in [0.29, 0.717) is 6.61 Å². The molecule has 0 aliphatic heterocycles. The fourth-order valence-electron chi connectivity index (χ4n) is 2.58. The lowest BCUT2D eigenvalue weighted by atomic mass is 9.84. The summed E-state index contributed by atoms with van der Waals surface area (Å²) in [6, 6.07) is 7.92. The van der Waals surface area contributed by atoms with E-state index in [2.05, 4.69) is 19.3 Å². The average Bonchev–Trinajstić information content (AvgIpc) is 2.47. The Labute approximate surface area is 116 Å². The summed E-state index contributed by atoms with van der Waals surface area (Å²) in [5.41, 5.74) is 3.75. The van der Waals surface area contributed by atoms with Gasteiger partial charge in [0, 0.05) is 6.61 Å². The highest BCUT2D eigenvalue weighted by Crippen LogP contribution is 2.35. The third-order valence-electron chi connectivity index (χ3n) is 3.77. The van der Waals surface area contributed by atoms with Gasteiger partial charge in [-0.15, -0.1) is 0 Å². The summed E-state index contributed by atoms with van der Waals surface area (Å²) < 4.78 is 11.2. The molecule has 108 valence electrons. The Balaban J connectivity index is 3.07. The summed E-state index contributed by atoms with van der Waals surface area (Å²) in [7, 11) is 1.66. The molecule has 0 saturated carbocycles. The van der Waals surface area contributed by atoms with Gasteiger partial charge in [0.25, 0.3) is 0 Å². The molecular weight excluding hydrogens is 240 g/mol. The maximum absolute atomic E-state index is 6.02. The summed E-state index contributed by atoms with van der Waals surface area (Å²) in [6.45, 7) is 6.96. The van der Waals surface area contributed by atoms with Gasteiger partial charge in [0.1, 0.15) is 5.75 Å². The molecule has 0 aliphatic carbocycles. The van der Waals surface area contributed by atoms with Crippen molar-refractivity contribution < 1.29 is 9.47 Å². The largest absolute Gasteiger partial charge is 0.497 e. The summed E-state index contributed by atoms with van der Waals surface area (Å²) >= 11 is 0. The Morgan fingerprint density at radius 2 is 1.74 bits per heavy atom. The van der Waals surface area contributed by atoms with E-state index in [1.54, 1.807) is 7.11 Å². The molecule has 0 fully saturated rings. The smallest absolute Gasteiger partial charge is 0.118 e. The van der Waals surface area contributed by atoms with Crippen molar-refractivity contribution in [3.8, 4) is 5.75 Å². The third kappa shape index (κ3) is 3.47. The number of hydrogen-bond donors (Lipinski definition) is 2. The predicted molar refractivity (Wildman–Crippen MR) is 78.0 cm³/mol. The van der Waals surface area contributed by atoms with Gasteiger partial charge in [-0.2, -0.15) is 0 Å². The maximum Gasteiger partial charge on any atom is 0.118 e. The number of nitrogens with one attached hydrogen (secondary N) is 1. The minimum absolute atomic E-state index is 0.0339. The molecule has 0 spiro atoms. The lowest BCUT2D eigenvalue weighted by Crippen LogP contribution is -2.48. The van der Waals surface area contributed by atoms with Crippen LogP contribution < -0.4 is 16.0 Å². The summed E-state index contributed by atoms with van der Waals surface area (Å²) in [5, 5.41) is 0. The third-order valence-corrected chi connectivity index (χ3v) is 3.77. The summed E-state index contributed by atoms with van der Waals surface area (Å²) in [5.74, 6) is 6.62. The van der Waals surface area contributed by atoms with E-state index < -0.39 is 0 Å². The molecule has 1 aromatic carbocycles. The van der Waals surface area contributed by atoms with E-state index in [4.69, 9.17) is 15.3 Å². The van der Waals surface area contributed by atoms with Crippen molar-refractivity contribution in [3.63, 3.8) is 0 Å². The van der Waals surface area contributed by atoms with Crippen molar-refractivity contribution in [1.29, 1.82) is 0 Å². The number of nitrogens with two attached hydrogens (primary N) is 1. The minimum Gasteiger partial charge on any atom is -0.497 e. The maximum atomic E-state index is 6.02. The van der Waals surface area contributed by atoms with Gasteiger partial charge >= 0.3 is 0 Å². The van der Waals surface area contributed by atoms with E-state index >= 15 is 0 Å². The molecule has 0 amide bonds. The Hall–Kier alpha value is -1.10. The standard InChI is InChI=1S/C15H26N2O2/c1-5-15(6-2,19-7-3)14(17-16)12-8-10-13(18-4)11-9-12/h8-11,14,17H,5-7,16H2,1-4H3. The fraction of sp³-hybridized carbons (Fsp3) is 0.600. The molecule has 4 heteroatoms. The van der Waals surface area contributed by atoms with Crippen LogP contribution in [0.25, 0.3) is 0 Å². The molecule has 0 saturated heterocycles. The normalized spacial score (nSPS) is 13.3. The Kier molecular flexibility index (Phi) is 6.28. The Morgan fingerprint density at radius 3 is 2.11 bits per heavy atom. The first-order chi connectivity index (χ1) is 9.17. The van der Waals surface area contributed by atoms with E-state index in [1.807, 2.05) is 31.2 Å². The second kappa shape index (κ2) is 7.48. The van der Waals surface area contributed by atoms with Gasteiger partial charge in [-0.25, -0.2) is 0 Å². The van der Waals surface area contributed by atoms with Crippen molar-refractivity contribution in [2.75, 3.05) is 13.7 Å². The molecule has 0 radical (unpaired) electrons. The van der Waals surface area contributed by atoms with Gasteiger partial charge in [0.05, 0.1) is 18.8 Å². The quantitative estimate of drug-likeness (QED) is 0.561. The average molecular weight is 266 g/mol. The Bertz CT molecular complexity index is 361. The zero-order valence-electron chi connectivity index (χ0n) is 12.4. The number of ether oxygens (including phenoxy) is 2. The van der Waals surface area contributed by atoms with Crippen LogP contribution in [0.5, 0.6) is 5.75 Å². The zero-order valence-corrected chi connectivity index (χ0v) is 12.4. The lowest BCUT2D eigenvalue weighted by Gasteiger charge is -2.39. The van der Waals surface area contributed by atoms with Crippen molar-refractivity contribution in [3.05, 3.63) is 29.8 Å². The molecule has 0 aliphatic rings. The molecule has 1 atom stereocenters. The number of methoxy groups -OCH3 is 1. The first-order valence-electron chi connectivity index (χ1n) is 6.91. The number of benzene rings is 1. The second-order valence-corrected chi connectivity index (χ2v) is 4.58. The van der Waals surface area contributed by atoms with Crippen LogP contribution in [-0.4, -0.2) is 19.3 Å². The first kappa shape index (κ1) is 16.0. The minimum atomic E-state index is -0.280. The van der Waals surface area contributed by atoms with Crippen LogP contribution in [0, 0.1) is 0 Å². The second-order valence-electron chi connectivity index (χ2n) is 4.58. The molecule has 0 aromatic heterocycles. The summed E-state index contributed by atoms with van der Waals surface area (Å²) in [4.78, 5) is 0. The van der Waals surface area contributed by atoms with E-state index in [-0.39, 0.29) is 11.6 Å². The van der Waals surface area contributed by atoms with Crippen LogP contribution >= 0.6 is 0 Å². The van der Waals surface area contributed by atoms with Gasteiger partial charge < -0.3 is 9.47 Å². The van der Waals surface area contributed by atoms with Crippen molar-refractivity contribution in [2.24, 2.45) is 5.84 Å². The van der Waals surface area contributed by atoms with Gasteiger partial charge in [0.2, 0.25) is 0 Å². The van der Waals surface area contributed by atoms with Gasteiger partial charge in [0.15, 0.2) is 0 Å². The van der Waals surface area contributed by atoms with Crippen LogP contribution in [0.4, 0.5) is 0 Å². The number of hydrogen-bond acceptors (Lipinski definition) is 4. The number of hydrazine groups is 1. The monoisotopic (exact) mass is 266 g/mol. The molecule has 0 heterocycles. The molecule has 3 N–H and O–H groups in total. The highest BCUT2D eigenvalue weighted by Gasteiger charge is 2.36. The van der Waals surface area contributed by atoms with Crippen LogP contribution in [-0.2, 0) is 4.74 Å². The fourth-order valence-corrected chi connectivity index (χ4v) is 2.58. The van der Waals surface area contributed by atoms with Gasteiger partial charge in [-0.05, 0) is 37.5 Å². The molecular formula is C15H26N2O2. The van der Waals surface area contributed by atoms with Crippen LogP contribution in [0.15, 0.2) is 24.3 Å². The molecule has 1 rings (SSSR count).